The normalized spacial score (nSPS) is 12.7. The van der Waals surface area contributed by atoms with Gasteiger partial charge in [0.25, 0.3) is 0 Å². The van der Waals surface area contributed by atoms with E-state index in [1.54, 1.807) is 0 Å². The highest BCUT2D eigenvalue weighted by atomic mass is 16.4. The number of aliphatic hydroxyl groups excluding tert-OH is 1. The summed E-state index contributed by atoms with van der Waals surface area (Å²) in [6, 6.07) is -0.937. The number of aliphatic hydroxyl groups is 1. The second-order valence-corrected chi connectivity index (χ2v) is 9.07. The van der Waals surface area contributed by atoms with E-state index in [0.29, 0.717) is 18.8 Å². The van der Waals surface area contributed by atoms with Gasteiger partial charge in [-0.15, -0.1) is 0 Å². The van der Waals surface area contributed by atoms with Gasteiger partial charge in [0, 0.05) is 13.2 Å². The van der Waals surface area contributed by atoms with Gasteiger partial charge in [-0.05, 0) is 38.1 Å². The van der Waals surface area contributed by atoms with E-state index >= 15 is 0 Å². The highest BCUT2D eigenvalue weighted by Crippen LogP contribution is 2.10. The van der Waals surface area contributed by atoms with Gasteiger partial charge in [0.15, 0.2) is 0 Å². The molecule has 0 aromatic rings. The summed E-state index contributed by atoms with van der Waals surface area (Å²) in [5.41, 5.74) is 5.22. The molecule has 0 aromatic heterocycles. The van der Waals surface area contributed by atoms with E-state index in [2.05, 4.69) is 24.5 Å². The highest BCUT2D eigenvalue weighted by molar-refractivity contribution is 5.81. The van der Waals surface area contributed by atoms with Gasteiger partial charge in [0.1, 0.15) is 6.04 Å². The summed E-state index contributed by atoms with van der Waals surface area (Å²) in [5.74, 6) is -0.525. The number of carboxylic acids is 1. The van der Waals surface area contributed by atoms with Crippen LogP contribution in [-0.4, -0.2) is 53.9 Å². The lowest BCUT2D eigenvalue weighted by molar-refractivity contribution is -0.138. The van der Waals surface area contributed by atoms with Crippen molar-refractivity contribution in [3.63, 3.8) is 0 Å². The van der Waals surface area contributed by atoms with Crippen LogP contribution in [0.4, 0.5) is 0 Å². The molecule has 0 bridgehead atoms. The molecule has 0 aliphatic rings. The van der Waals surface area contributed by atoms with Crippen molar-refractivity contribution in [3.05, 3.63) is 0 Å². The van der Waals surface area contributed by atoms with E-state index in [4.69, 9.17) is 15.9 Å². The molecule has 2 atom stereocenters. The second-order valence-electron chi connectivity index (χ2n) is 9.07. The molecule has 0 saturated carbocycles. The molecule has 7 heteroatoms. The van der Waals surface area contributed by atoms with E-state index in [0.717, 1.165) is 25.9 Å². The quantitative estimate of drug-likeness (QED) is 0.174. The zero-order valence-corrected chi connectivity index (χ0v) is 21.3. The minimum absolute atomic E-state index is 0.0309. The molecule has 1 amide bonds. The number of unbranched alkanes of at least 4 members (excludes halogenated alkanes) is 9. The second kappa shape index (κ2) is 24.5. The van der Waals surface area contributed by atoms with Gasteiger partial charge in [0.05, 0.1) is 6.04 Å². The van der Waals surface area contributed by atoms with Gasteiger partial charge in [-0.1, -0.05) is 85.5 Å². The van der Waals surface area contributed by atoms with Crippen LogP contribution in [0.1, 0.15) is 111 Å². The molecule has 6 N–H and O–H groups in total. The summed E-state index contributed by atoms with van der Waals surface area (Å²) in [6.45, 7) is 9.84. The first-order valence-corrected chi connectivity index (χ1v) is 12.9. The van der Waals surface area contributed by atoms with Crippen LogP contribution in [0.5, 0.6) is 0 Å². The molecule has 0 aromatic carbocycles. The van der Waals surface area contributed by atoms with Crippen LogP contribution >= 0.6 is 0 Å². The maximum Gasteiger partial charge on any atom is 0.320 e. The predicted octanol–water partition coefficient (Wildman–Crippen LogP) is 4.22. The fourth-order valence-corrected chi connectivity index (χ4v) is 3.33. The van der Waals surface area contributed by atoms with Crippen molar-refractivity contribution in [1.29, 1.82) is 0 Å². The molecular formula is C25H53N3O4. The fourth-order valence-electron chi connectivity index (χ4n) is 3.33. The number of amides is 1. The topological polar surface area (TPSA) is 125 Å². The average molecular weight is 460 g/mol. The molecule has 0 aliphatic heterocycles. The van der Waals surface area contributed by atoms with Crippen LogP contribution < -0.4 is 16.4 Å². The van der Waals surface area contributed by atoms with Crippen molar-refractivity contribution in [2.45, 2.75) is 123 Å². The molecule has 0 spiro atoms. The first-order chi connectivity index (χ1) is 15.3. The third kappa shape index (κ3) is 23.5. The Bertz CT molecular complexity index is 433. The molecule has 32 heavy (non-hydrogen) atoms. The van der Waals surface area contributed by atoms with Crippen LogP contribution in [0, 0.1) is 5.92 Å². The smallest absolute Gasteiger partial charge is 0.320 e. The minimum Gasteiger partial charge on any atom is -0.480 e. The van der Waals surface area contributed by atoms with Crippen molar-refractivity contribution in [2.75, 3.05) is 19.7 Å². The van der Waals surface area contributed by atoms with Crippen molar-refractivity contribution >= 4 is 11.9 Å². The van der Waals surface area contributed by atoms with Gasteiger partial charge in [-0.3, -0.25) is 9.59 Å². The number of hydrogen-bond donors (Lipinski definition) is 5. The Hall–Kier alpha value is -1.18. The van der Waals surface area contributed by atoms with Crippen LogP contribution in [-0.2, 0) is 9.59 Å². The van der Waals surface area contributed by atoms with E-state index in [9.17, 15) is 9.59 Å². The molecule has 0 radical (unpaired) electrons. The third-order valence-electron chi connectivity index (χ3n) is 5.25. The molecule has 0 saturated heterocycles. The van der Waals surface area contributed by atoms with Crippen molar-refractivity contribution in [3.8, 4) is 0 Å². The van der Waals surface area contributed by atoms with Crippen LogP contribution in [0.25, 0.3) is 0 Å². The van der Waals surface area contributed by atoms with E-state index in [-0.39, 0.29) is 18.6 Å². The number of hydrogen-bond acceptors (Lipinski definition) is 5. The van der Waals surface area contributed by atoms with E-state index < -0.39 is 12.0 Å². The molecule has 2 unspecified atom stereocenters. The van der Waals surface area contributed by atoms with E-state index in [1.807, 2.05) is 13.8 Å². The Morgan fingerprint density at radius 3 is 1.78 bits per heavy atom. The Kier molecular flexibility index (Phi) is 25.2. The summed E-state index contributed by atoms with van der Waals surface area (Å²) in [7, 11) is 0. The number of nitrogens with two attached hydrogens (primary N) is 1. The maximum absolute atomic E-state index is 12.0. The lowest BCUT2D eigenvalue weighted by atomic mass is 10.1. The van der Waals surface area contributed by atoms with Gasteiger partial charge in [0.2, 0.25) is 5.91 Å². The zero-order valence-electron chi connectivity index (χ0n) is 21.3. The fraction of sp³-hybridized carbons (Fsp3) is 0.920. The van der Waals surface area contributed by atoms with Crippen molar-refractivity contribution in [1.82, 2.24) is 10.6 Å². The maximum atomic E-state index is 12.0. The number of aliphatic carboxylic acids is 1. The first kappa shape index (κ1) is 33.0. The van der Waals surface area contributed by atoms with Gasteiger partial charge in [-0.2, -0.15) is 0 Å². The highest BCUT2D eigenvalue weighted by Gasteiger charge is 2.16. The molecule has 0 fully saturated rings. The van der Waals surface area contributed by atoms with Crippen molar-refractivity contribution < 1.29 is 19.8 Å². The Balaban J connectivity index is 0. The number of carbonyl (C=O) groups excluding carboxylic acids is 1. The molecule has 0 rings (SSSR count). The van der Waals surface area contributed by atoms with Crippen LogP contribution in [0.2, 0.25) is 0 Å². The molecular weight excluding hydrogens is 406 g/mol. The molecule has 7 nitrogen and oxygen atoms in total. The van der Waals surface area contributed by atoms with Crippen LogP contribution in [0.3, 0.4) is 0 Å². The van der Waals surface area contributed by atoms with Gasteiger partial charge in [-0.25, -0.2) is 0 Å². The largest absolute Gasteiger partial charge is 0.480 e. The van der Waals surface area contributed by atoms with Gasteiger partial charge < -0.3 is 26.6 Å². The summed E-state index contributed by atoms with van der Waals surface area (Å²) < 4.78 is 0. The standard InChI is InChI=1S/C19H40N2O2.C6H13NO2/c1-3-5-6-7-8-9-10-11-12-13-16-21-19(23)18(14-17-22)20-15-4-2;1-4(2)3-5(7)6(8)9/h18,20,22H,3-17H2,1-2H3,(H,21,23);4-5H,3,7H2,1-2H3,(H,8,9). The predicted molar refractivity (Wildman–Crippen MR) is 134 cm³/mol. The van der Waals surface area contributed by atoms with Crippen molar-refractivity contribution in [2.24, 2.45) is 11.7 Å². The van der Waals surface area contributed by atoms with E-state index in [1.165, 1.54) is 57.8 Å². The number of nitrogens with one attached hydrogen (secondary N) is 2. The first-order valence-electron chi connectivity index (χ1n) is 12.9. The van der Waals surface area contributed by atoms with Gasteiger partial charge >= 0.3 is 5.97 Å². The number of rotatable bonds is 20. The summed E-state index contributed by atoms with van der Waals surface area (Å²) in [6.07, 6.45) is 15.1. The average Bonchev–Trinajstić information content (AvgIpc) is 2.74. The lowest BCUT2D eigenvalue weighted by Crippen LogP contribution is -2.45. The minimum atomic E-state index is -0.913. The molecule has 0 heterocycles. The summed E-state index contributed by atoms with van der Waals surface area (Å²) in [5, 5.41) is 23.5. The molecule has 192 valence electrons. The monoisotopic (exact) mass is 459 g/mol. The molecule has 0 aliphatic carbocycles. The van der Waals surface area contributed by atoms with Crippen LogP contribution in [0.15, 0.2) is 0 Å². The number of carboxylic acid groups (broad SMARTS) is 1. The lowest BCUT2D eigenvalue weighted by Gasteiger charge is -2.17. The Morgan fingerprint density at radius 1 is 0.844 bits per heavy atom. The summed E-state index contributed by atoms with van der Waals surface area (Å²) in [4.78, 5) is 22.1. The third-order valence-corrected chi connectivity index (χ3v) is 5.25. The number of carbonyl (C=O) groups is 2. The Morgan fingerprint density at radius 2 is 1.38 bits per heavy atom. The summed E-state index contributed by atoms with van der Waals surface area (Å²) >= 11 is 0. The SMILES string of the molecule is CC(C)CC(N)C(=O)O.CCCCCCCCCCCCNC(=O)C(CCO)NCCC. The zero-order chi connectivity index (χ0) is 24.6. The Labute approximate surface area is 197 Å².